The number of carbonyl (C=O) groups excluding carboxylic acids is 1. The molecule has 2 aromatic rings. The van der Waals surface area contributed by atoms with E-state index in [9.17, 15) is 4.79 Å². The molecule has 1 aromatic heterocycles. The van der Waals surface area contributed by atoms with Gasteiger partial charge < -0.3 is 9.47 Å². The van der Waals surface area contributed by atoms with Crippen molar-refractivity contribution in [1.82, 2.24) is 10.2 Å². The zero-order valence-corrected chi connectivity index (χ0v) is 12.0. The van der Waals surface area contributed by atoms with Gasteiger partial charge in [0.05, 0.1) is 5.02 Å². The van der Waals surface area contributed by atoms with Crippen LogP contribution in [0.5, 0.6) is 11.5 Å². The molecule has 1 N–H and O–H groups in total. The van der Waals surface area contributed by atoms with E-state index in [0.29, 0.717) is 40.4 Å². The fraction of sp³-hybridized carbons (Fsp3) is 0.250. The van der Waals surface area contributed by atoms with E-state index in [0.717, 1.165) is 5.01 Å². The van der Waals surface area contributed by atoms with Gasteiger partial charge in [-0.1, -0.05) is 22.9 Å². The second-order valence-corrected chi connectivity index (χ2v) is 5.65. The van der Waals surface area contributed by atoms with Crippen molar-refractivity contribution in [3.8, 4) is 11.5 Å². The van der Waals surface area contributed by atoms with Crippen LogP contribution in [0.15, 0.2) is 12.1 Å². The molecule has 0 bridgehead atoms. The summed E-state index contributed by atoms with van der Waals surface area (Å²) in [6.07, 6.45) is 0. The Hall–Kier alpha value is -1.86. The molecule has 0 fully saturated rings. The number of amides is 1. The summed E-state index contributed by atoms with van der Waals surface area (Å²) in [7, 11) is 0. The van der Waals surface area contributed by atoms with Crippen molar-refractivity contribution < 1.29 is 14.3 Å². The number of ether oxygens (including phenoxy) is 2. The zero-order valence-electron chi connectivity index (χ0n) is 10.5. The molecule has 0 spiro atoms. The summed E-state index contributed by atoms with van der Waals surface area (Å²) < 4.78 is 10.8. The first-order chi connectivity index (χ1) is 9.63. The topological polar surface area (TPSA) is 73.3 Å². The fourth-order valence-corrected chi connectivity index (χ4v) is 2.61. The lowest BCUT2D eigenvalue weighted by atomic mass is 10.2. The third-order valence-electron chi connectivity index (χ3n) is 2.61. The minimum atomic E-state index is -0.319. The minimum Gasteiger partial charge on any atom is -0.486 e. The summed E-state index contributed by atoms with van der Waals surface area (Å²) in [5, 5.41) is 11.9. The summed E-state index contributed by atoms with van der Waals surface area (Å²) in [5.41, 5.74) is 0.382. The Morgan fingerprint density at radius 1 is 1.35 bits per heavy atom. The molecule has 104 valence electrons. The van der Waals surface area contributed by atoms with Gasteiger partial charge in [0.2, 0.25) is 5.13 Å². The summed E-state index contributed by atoms with van der Waals surface area (Å²) >= 11 is 7.39. The molecule has 1 aromatic carbocycles. The first-order valence-electron chi connectivity index (χ1n) is 5.84. The van der Waals surface area contributed by atoms with Gasteiger partial charge in [-0.2, -0.15) is 0 Å². The molecule has 0 radical (unpaired) electrons. The number of benzene rings is 1. The van der Waals surface area contributed by atoms with E-state index in [-0.39, 0.29) is 5.91 Å². The predicted molar refractivity (Wildman–Crippen MR) is 75.0 cm³/mol. The van der Waals surface area contributed by atoms with E-state index in [1.54, 1.807) is 6.07 Å². The van der Waals surface area contributed by atoms with E-state index < -0.39 is 0 Å². The summed E-state index contributed by atoms with van der Waals surface area (Å²) in [6, 6.07) is 3.14. The van der Waals surface area contributed by atoms with Crippen molar-refractivity contribution in [3.05, 3.63) is 27.7 Å². The summed E-state index contributed by atoms with van der Waals surface area (Å²) in [5.74, 6) is 0.628. The van der Waals surface area contributed by atoms with E-state index in [1.165, 1.54) is 17.4 Å². The lowest BCUT2D eigenvalue weighted by Gasteiger charge is -2.20. The summed E-state index contributed by atoms with van der Waals surface area (Å²) in [6.45, 7) is 2.70. The van der Waals surface area contributed by atoms with Crippen molar-refractivity contribution >= 4 is 34.0 Å². The highest BCUT2D eigenvalue weighted by Gasteiger charge is 2.19. The number of nitrogens with zero attached hydrogens (tertiary/aromatic N) is 2. The van der Waals surface area contributed by atoms with Gasteiger partial charge in [-0.25, -0.2) is 0 Å². The Balaban J connectivity index is 1.86. The van der Waals surface area contributed by atoms with Crippen LogP contribution in [-0.4, -0.2) is 29.3 Å². The lowest BCUT2D eigenvalue weighted by molar-refractivity contribution is 0.102. The van der Waals surface area contributed by atoms with Gasteiger partial charge in [-0.15, -0.1) is 10.2 Å². The van der Waals surface area contributed by atoms with Crippen LogP contribution in [0.25, 0.3) is 0 Å². The monoisotopic (exact) mass is 311 g/mol. The zero-order chi connectivity index (χ0) is 14.1. The van der Waals surface area contributed by atoms with Gasteiger partial charge in [-0.05, 0) is 19.1 Å². The Bertz CT molecular complexity index is 674. The van der Waals surface area contributed by atoms with Crippen LogP contribution in [0.3, 0.4) is 0 Å². The quantitative estimate of drug-likeness (QED) is 0.922. The van der Waals surface area contributed by atoms with Crippen LogP contribution in [0.4, 0.5) is 5.13 Å². The van der Waals surface area contributed by atoms with Crippen LogP contribution in [0.2, 0.25) is 5.02 Å². The molecule has 1 aliphatic rings. The Morgan fingerprint density at radius 2 is 2.15 bits per heavy atom. The van der Waals surface area contributed by atoms with Gasteiger partial charge in [0.15, 0.2) is 11.5 Å². The highest BCUT2D eigenvalue weighted by Crippen LogP contribution is 2.38. The standard InChI is InChI=1S/C12H10ClN3O3S/c1-6-15-16-12(20-6)14-11(17)7-4-8(13)10-9(5-7)18-2-3-19-10/h4-5H,2-3H2,1H3,(H,14,16,17). The fourth-order valence-electron chi connectivity index (χ4n) is 1.76. The molecule has 0 saturated carbocycles. The van der Waals surface area contributed by atoms with Crippen molar-refractivity contribution in [3.63, 3.8) is 0 Å². The number of hydrogen-bond acceptors (Lipinski definition) is 6. The van der Waals surface area contributed by atoms with Gasteiger partial charge in [0.1, 0.15) is 18.2 Å². The lowest BCUT2D eigenvalue weighted by Crippen LogP contribution is -2.17. The van der Waals surface area contributed by atoms with E-state index in [1.807, 2.05) is 6.92 Å². The molecule has 20 heavy (non-hydrogen) atoms. The Kier molecular flexibility index (Phi) is 3.45. The van der Waals surface area contributed by atoms with Crippen LogP contribution < -0.4 is 14.8 Å². The van der Waals surface area contributed by atoms with E-state index >= 15 is 0 Å². The third kappa shape index (κ3) is 2.54. The number of anilines is 1. The maximum absolute atomic E-state index is 12.1. The van der Waals surface area contributed by atoms with Crippen LogP contribution in [0, 0.1) is 6.92 Å². The minimum absolute atomic E-state index is 0.319. The average molecular weight is 312 g/mol. The number of rotatable bonds is 2. The highest BCUT2D eigenvalue weighted by molar-refractivity contribution is 7.15. The van der Waals surface area contributed by atoms with Crippen molar-refractivity contribution in [2.75, 3.05) is 18.5 Å². The van der Waals surface area contributed by atoms with Crippen molar-refractivity contribution in [2.45, 2.75) is 6.92 Å². The summed E-state index contributed by atoms with van der Waals surface area (Å²) in [4.78, 5) is 12.1. The second-order valence-electron chi connectivity index (χ2n) is 4.06. The first kappa shape index (κ1) is 13.1. The maximum atomic E-state index is 12.1. The number of hydrogen-bond donors (Lipinski definition) is 1. The molecule has 0 saturated heterocycles. The molecule has 1 amide bonds. The number of aryl methyl sites for hydroxylation is 1. The van der Waals surface area contributed by atoms with Crippen molar-refractivity contribution in [1.29, 1.82) is 0 Å². The molecule has 1 aliphatic heterocycles. The van der Waals surface area contributed by atoms with Gasteiger partial charge in [0, 0.05) is 5.56 Å². The first-order valence-corrected chi connectivity index (χ1v) is 7.03. The van der Waals surface area contributed by atoms with E-state index in [4.69, 9.17) is 21.1 Å². The van der Waals surface area contributed by atoms with Crippen LogP contribution in [0.1, 0.15) is 15.4 Å². The predicted octanol–water partition coefficient (Wildman–Crippen LogP) is 2.52. The highest BCUT2D eigenvalue weighted by atomic mass is 35.5. The normalized spacial score (nSPS) is 13.1. The molecule has 3 rings (SSSR count). The van der Waals surface area contributed by atoms with Gasteiger partial charge in [-0.3, -0.25) is 10.1 Å². The van der Waals surface area contributed by atoms with E-state index in [2.05, 4.69) is 15.5 Å². The van der Waals surface area contributed by atoms with Gasteiger partial charge >= 0.3 is 0 Å². The average Bonchev–Trinajstić information content (AvgIpc) is 2.84. The van der Waals surface area contributed by atoms with Crippen LogP contribution >= 0.6 is 22.9 Å². The number of halogens is 1. The molecular weight excluding hydrogens is 302 g/mol. The molecule has 0 atom stereocenters. The molecule has 0 aliphatic carbocycles. The van der Waals surface area contributed by atoms with Gasteiger partial charge in [0.25, 0.3) is 5.91 Å². The Morgan fingerprint density at radius 3 is 2.90 bits per heavy atom. The second kappa shape index (κ2) is 5.26. The molecule has 6 nitrogen and oxygen atoms in total. The molecule has 0 unspecified atom stereocenters. The van der Waals surface area contributed by atoms with Crippen molar-refractivity contribution in [2.24, 2.45) is 0 Å². The number of aromatic nitrogens is 2. The number of nitrogens with one attached hydrogen (secondary N) is 1. The molecule has 8 heteroatoms. The number of fused-ring (bicyclic) bond motifs is 1. The largest absolute Gasteiger partial charge is 0.486 e. The SMILES string of the molecule is Cc1nnc(NC(=O)c2cc(Cl)c3c(c2)OCCO3)s1. The number of carbonyl (C=O) groups is 1. The smallest absolute Gasteiger partial charge is 0.257 e. The molecular formula is C12H10ClN3O3S. The van der Waals surface area contributed by atoms with Crippen LogP contribution in [-0.2, 0) is 0 Å². The third-order valence-corrected chi connectivity index (χ3v) is 3.64. The maximum Gasteiger partial charge on any atom is 0.257 e. The Labute approximate surface area is 123 Å². The molecule has 2 heterocycles.